The van der Waals surface area contributed by atoms with Crippen LogP contribution in [-0.2, 0) is 5.88 Å². The fourth-order valence-corrected chi connectivity index (χ4v) is 4.26. The number of nitrogens with zero attached hydrogens (tertiary/aromatic N) is 2. The molecule has 0 fully saturated rings. The molecule has 0 spiro atoms. The number of hydrogen-bond acceptors (Lipinski definition) is 2. The molecule has 0 aliphatic rings. The Hall–Kier alpha value is -0.840. The maximum Gasteiger partial charge on any atom is 0.125 e. The van der Waals surface area contributed by atoms with Crippen molar-refractivity contribution < 1.29 is 0 Å². The number of alkyl halides is 1. The van der Waals surface area contributed by atoms with Gasteiger partial charge >= 0.3 is 0 Å². The van der Waals surface area contributed by atoms with Gasteiger partial charge in [-0.05, 0) is 35.6 Å². The summed E-state index contributed by atoms with van der Waals surface area (Å²) in [6.07, 6.45) is 0. The molecule has 1 unspecified atom stereocenters. The first-order valence-electron chi connectivity index (χ1n) is 6.87. The Morgan fingerprint density at radius 1 is 1.33 bits per heavy atom. The minimum absolute atomic E-state index is 0.262. The van der Waals surface area contributed by atoms with Crippen molar-refractivity contribution in [2.75, 3.05) is 0 Å². The Morgan fingerprint density at radius 3 is 2.76 bits per heavy atom. The smallest absolute Gasteiger partial charge is 0.125 e. The van der Waals surface area contributed by atoms with E-state index < -0.39 is 0 Å². The van der Waals surface area contributed by atoms with Gasteiger partial charge in [-0.1, -0.05) is 35.8 Å². The van der Waals surface area contributed by atoms with Crippen molar-refractivity contribution in [2.45, 2.75) is 25.8 Å². The zero-order valence-electron chi connectivity index (χ0n) is 11.9. The normalized spacial score (nSPS) is 13.2. The molecule has 3 aromatic rings. The third-order valence-corrected chi connectivity index (χ3v) is 5.26. The average Bonchev–Trinajstić information content (AvgIpc) is 3.07. The first kappa shape index (κ1) is 15.1. The lowest BCUT2D eigenvalue weighted by molar-refractivity contribution is 0.444. The van der Waals surface area contributed by atoms with Gasteiger partial charge in [-0.15, -0.1) is 22.9 Å². The van der Waals surface area contributed by atoms with E-state index in [1.165, 1.54) is 4.88 Å². The van der Waals surface area contributed by atoms with E-state index in [1.54, 1.807) is 11.3 Å². The maximum absolute atomic E-state index is 6.16. The van der Waals surface area contributed by atoms with Crippen molar-refractivity contribution in [3.05, 3.63) is 50.9 Å². The van der Waals surface area contributed by atoms with Crippen LogP contribution >= 0.6 is 38.9 Å². The van der Waals surface area contributed by atoms with Crippen molar-refractivity contribution >= 4 is 49.9 Å². The quantitative estimate of drug-likeness (QED) is 0.517. The van der Waals surface area contributed by atoms with Crippen LogP contribution in [0.15, 0.2) is 40.2 Å². The molecule has 0 radical (unpaired) electrons. The zero-order valence-corrected chi connectivity index (χ0v) is 15.0. The van der Waals surface area contributed by atoms with Crippen LogP contribution in [0.3, 0.4) is 0 Å². The lowest BCUT2D eigenvalue weighted by Gasteiger charge is -2.24. The van der Waals surface area contributed by atoms with Crippen LogP contribution in [0.2, 0.25) is 0 Å². The monoisotopic (exact) mass is 382 g/mol. The van der Waals surface area contributed by atoms with Crippen molar-refractivity contribution in [3.8, 4) is 0 Å². The SMILES string of the molecule is CC(C)C(c1cccs1)n1c(CCl)nc2ccc(Br)cc21. The van der Waals surface area contributed by atoms with Gasteiger partial charge in [-0.25, -0.2) is 4.98 Å². The largest absolute Gasteiger partial charge is 0.318 e. The molecular weight excluding hydrogens is 368 g/mol. The van der Waals surface area contributed by atoms with E-state index in [-0.39, 0.29) is 6.04 Å². The molecule has 1 aromatic carbocycles. The second kappa shape index (κ2) is 6.11. The predicted octanol–water partition coefficient (Wildman–Crippen LogP) is 5.84. The molecule has 0 saturated heterocycles. The van der Waals surface area contributed by atoms with Crippen molar-refractivity contribution in [2.24, 2.45) is 5.92 Å². The van der Waals surface area contributed by atoms with Crippen LogP contribution in [0, 0.1) is 5.92 Å². The summed E-state index contributed by atoms with van der Waals surface area (Å²) in [6, 6.07) is 10.7. The molecule has 0 aliphatic carbocycles. The Bertz CT molecular complexity index is 749. The number of hydrogen-bond donors (Lipinski definition) is 0. The summed E-state index contributed by atoms with van der Waals surface area (Å²) in [5.74, 6) is 1.81. The first-order chi connectivity index (χ1) is 10.1. The van der Waals surface area contributed by atoms with Gasteiger partial charge < -0.3 is 4.57 Å². The number of halogens is 2. The maximum atomic E-state index is 6.16. The summed E-state index contributed by atoms with van der Waals surface area (Å²) in [5.41, 5.74) is 2.13. The Kier molecular flexibility index (Phi) is 4.38. The van der Waals surface area contributed by atoms with E-state index in [0.717, 1.165) is 21.3 Å². The van der Waals surface area contributed by atoms with Crippen molar-refractivity contribution in [3.63, 3.8) is 0 Å². The average molecular weight is 384 g/mol. The lowest BCUT2D eigenvalue weighted by Crippen LogP contribution is -2.17. The summed E-state index contributed by atoms with van der Waals surface area (Å²) in [4.78, 5) is 6.04. The van der Waals surface area contributed by atoms with Crippen LogP contribution in [0.1, 0.15) is 30.6 Å². The summed E-state index contributed by atoms with van der Waals surface area (Å²) < 4.78 is 3.36. The van der Waals surface area contributed by atoms with Gasteiger partial charge in [-0.3, -0.25) is 0 Å². The van der Waals surface area contributed by atoms with E-state index in [0.29, 0.717) is 11.8 Å². The highest BCUT2D eigenvalue weighted by Gasteiger charge is 2.24. The Morgan fingerprint density at radius 2 is 2.14 bits per heavy atom. The summed E-state index contributed by atoms with van der Waals surface area (Å²) in [7, 11) is 0. The van der Waals surface area contributed by atoms with Gasteiger partial charge in [0.1, 0.15) is 5.82 Å². The Labute approximate surface area is 141 Å². The molecule has 2 heterocycles. The van der Waals surface area contributed by atoms with Crippen molar-refractivity contribution in [1.82, 2.24) is 9.55 Å². The van der Waals surface area contributed by atoms with Gasteiger partial charge in [0.15, 0.2) is 0 Å². The van der Waals surface area contributed by atoms with Gasteiger partial charge in [0.05, 0.1) is 23.0 Å². The highest BCUT2D eigenvalue weighted by atomic mass is 79.9. The first-order valence-corrected chi connectivity index (χ1v) is 9.08. The van der Waals surface area contributed by atoms with Gasteiger partial charge in [0.25, 0.3) is 0 Å². The molecule has 1 atom stereocenters. The second-order valence-electron chi connectivity index (χ2n) is 5.37. The summed E-state index contributed by atoms with van der Waals surface area (Å²) in [6.45, 7) is 4.48. The molecule has 0 bridgehead atoms. The summed E-state index contributed by atoms with van der Waals surface area (Å²) in [5, 5.41) is 2.13. The number of benzene rings is 1. The third-order valence-electron chi connectivity index (χ3n) is 3.59. The molecule has 0 aliphatic heterocycles. The molecule has 0 saturated carbocycles. The highest BCUT2D eigenvalue weighted by molar-refractivity contribution is 9.10. The lowest BCUT2D eigenvalue weighted by atomic mass is 10.0. The molecule has 110 valence electrons. The van der Waals surface area contributed by atoms with Crippen LogP contribution in [0.5, 0.6) is 0 Å². The van der Waals surface area contributed by atoms with Gasteiger partial charge in [0.2, 0.25) is 0 Å². The molecule has 2 aromatic heterocycles. The van der Waals surface area contributed by atoms with E-state index in [9.17, 15) is 0 Å². The van der Waals surface area contributed by atoms with E-state index in [1.807, 2.05) is 12.1 Å². The molecule has 5 heteroatoms. The fourth-order valence-electron chi connectivity index (χ4n) is 2.73. The number of fused-ring (bicyclic) bond motifs is 1. The minimum atomic E-state index is 0.262. The van der Waals surface area contributed by atoms with Crippen LogP contribution in [0.4, 0.5) is 0 Å². The number of imidazole rings is 1. The van der Waals surface area contributed by atoms with Crippen LogP contribution in [-0.4, -0.2) is 9.55 Å². The number of aromatic nitrogens is 2. The summed E-state index contributed by atoms with van der Waals surface area (Å²) >= 11 is 11.5. The van der Waals surface area contributed by atoms with E-state index >= 15 is 0 Å². The molecule has 21 heavy (non-hydrogen) atoms. The number of rotatable bonds is 4. The van der Waals surface area contributed by atoms with E-state index in [2.05, 4.69) is 57.9 Å². The zero-order chi connectivity index (χ0) is 15.0. The Balaban J connectivity index is 2.27. The van der Waals surface area contributed by atoms with Gasteiger partial charge in [-0.2, -0.15) is 0 Å². The van der Waals surface area contributed by atoms with Crippen LogP contribution < -0.4 is 0 Å². The molecule has 0 N–H and O–H groups in total. The number of thiophene rings is 1. The molecule has 3 rings (SSSR count). The molecule has 0 amide bonds. The third kappa shape index (κ3) is 2.77. The second-order valence-corrected chi connectivity index (χ2v) is 7.53. The molecule has 2 nitrogen and oxygen atoms in total. The van der Waals surface area contributed by atoms with Crippen molar-refractivity contribution in [1.29, 1.82) is 0 Å². The minimum Gasteiger partial charge on any atom is -0.318 e. The fraction of sp³-hybridized carbons (Fsp3) is 0.312. The van der Waals surface area contributed by atoms with Crippen LogP contribution in [0.25, 0.3) is 11.0 Å². The predicted molar refractivity (Wildman–Crippen MR) is 94.3 cm³/mol. The standard InChI is InChI=1S/C16H16BrClN2S/c1-10(2)16(14-4-3-7-21-14)20-13-8-11(17)5-6-12(13)19-15(20)9-18/h3-8,10,16H,9H2,1-2H3. The van der Waals surface area contributed by atoms with E-state index in [4.69, 9.17) is 16.6 Å². The topological polar surface area (TPSA) is 17.8 Å². The highest BCUT2D eigenvalue weighted by Crippen LogP contribution is 2.35. The molecular formula is C16H16BrClN2S. The van der Waals surface area contributed by atoms with Gasteiger partial charge in [0, 0.05) is 9.35 Å².